The van der Waals surface area contributed by atoms with Gasteiger partial charge in [-0.05, 0) is 54.3 Å². The van der Waals surface area contributed by atoms with E-state index >= 15 is 0 Å². The fraction of sp³-hybridized carbons (Fsp3) is 0.308. The highest BCUT2D eigenvalue weighted by Crippen LogP contribution is 2.30. The van der Waals surface area contributed by atoms with Gasteiger partial charge in [-0.3, -0.25) is 0 Å². The standard InChI is InChI=1S/C26H30O7/c1-5-19-13-22(31-16-26(14-27,15-28)17-32-25(30)18(3)4)11-12-23(19)20-7-9-21(10-8-20)33-24(29)6-2/h6-13,27-28H,2-3,5,14-17H2,1,4H3. The van der Waals surface area contributed by atoms with Crippen LogP contribution in [0.25, 0.3) is 11.1 Å². The first-order chi connectivity index (χ1) is 15.8. The summed E-state index contributed by atoms with van der Waals surface area (Å²) in [5, 5.41) is 19.6. The normalized spacial score (nSPS) is 10.9. The zero-order valence-electron chi connectivity index (χ0n) is 19.0. The number of rotatable bonds is 12. The van der Waals surface area contributed by atoms with Crippen molar-refractivity contribution in [3.63, 3.8) is 0 Å². The Morgan fingerprint density at radius 3 is 2.21 bits per heavy atom. The van der Waals surface area contributed by atoms with Gasteiger partial charge in [0.15, 0.2) is 0 Å². The Morgan fingerprint density at radius 1 is 1.03 bits per heavy atom. The molecule has 0 spiro atoms. The van der Waals surface area contributed by atoms with Gasteiger partial charge in [-0.2, -0.15) is 0 Å². The average molecular weight is 455 g/mol. The van der Waals surface area contributed by atoms with E-state index in [1.54, 1.807) is 18.2 Å². The zero-order valence-corrected chi connectivity index (χ0v) is 19.0. The third-order valence-electron chi connectivity index (χ3n) is 5.08. The topological polar surface area (TPSA) is 102 Å². The van der Waals surface area contributed by atoms with Gasteiger partial charge in [0.1, 0.15) is 24.7 Å². The first-order valence-electron chi connectivity index (χ1n) is 10.5. The summed E-state index contributed by atoms with van der Waals surface area (Å²) in [6.45, 7) is 9.35. The van der Waals surface area contributed by atoms with Crippen LogP contribution in [-0.2, 0) is 20.7 Å². The highest BCUT2D eigenvalue weighted by Gasteiger charge is 2.32. The molecule has 2 rings (SSSR count). The average Bonchev–Trinajstić information content (AvgIpc) is 2.84. The molecule has 7 heteroatoms. The van der Waals surface area contributed by atoms with Gasteiger partial charge in [-0.25, -0.2) is 9.59 Å². The number of aliphatic hydroxyl groups excluding tert-OH is 2. The van der Waals surface area contributed by atoms with E-state index in [2.05, 4.69) is 13.2 Å². The van der Waals surface area contributed by atoms with Crippen molar-refractivity contribution in [1.82, 2.24) is 0 Å². The molecule has 176 valence electrons. The van der Waals surface area contributed by atoms with E-state index in [0.717, 1.165) is 29.2 Å². The fourth-order valence-electron chi connectivity index (χ4n) is 2.95. The molecule has 0 aromatic heterocycles. The van der Waals surface area contributed by atoms with E-state index in [-0.39, 0.29) is 18.8 Å². The number of hydrogen-bond donors (Lipinski definition) is 2. The van der Waals surface area contributed by atoms with Crippen LogP contribution in [0.2, 0.25) is 0 Å². The van der Waals surface area contributed by atoms with Gasteiger partial charge in [0, 0.05) is 11.6 Å². The summed E-state index contributed by atoms with van der Waals surface area (Å²) in [7, 11) is 0. The second kappa shape index (κ2) is 12.0. The minimum Gasteiger partial charge on any atom is -0.493 e. The Labute approximate surface area is 193 Å². The maximum absolute atomic E-state index is 11.7. The van der Waals surface area contributed by atoms with Gasteiger partial charge in [-0.1, -0.05) is 38.3 Å². The molecule has 2 aromatic carbocycles. The van der Waals surface area contributed by atoms with Gasteiger partial charge in [0.05, 0.1) is 18.6 Å². The SMILES string of the molecule is C=CC(=O)Oc1ccc(-c2ccc(OCC(CO)(CO)COC(=O)C(=C)C)cc2CC)cc1. The van der Waals surface area contributed by atoms with E-state index in [1.165, 1.54) is 6.92 Å². The monoisotopic (exact) mass is 454 g/mol. The second-order valence-corrected chi connectivity index (χ2v) is 7.78. The van der Waals surface area contributed by atoms with Gasteiger partial charge in [0.2, 0.25) is 0 Å². The molecule has 0 radical (unpaired) electrons. The van der Waals surface area contributed by atoms with E-state index in [9.17, 15) is 19.8 Å². The van der Waals surface area contributed by atoms with Crippen LogP contribution in [0.5, 0.6) is 11.5 Å². The van der Waals surface area contributed by atoms with Crippen LogP contribution in [0, 0.1) is 5.41 Å². The molecule has 2 aromatic rings. The van der Waals surface area contributed by atoms with E-state index in [0.29, 0.717) is 11.5 Å². The Morgan fingerprint density at radius 2 is 1.67 bits per heavy atom. The number of carbonyl (C=O) groups excluding carboxylic acids is 2. The zero-order chi connectivity index (χ0) is 24.4. The van der Waals surface area contributed by atoms with Gasteiger partial charge in [-0.15, -0.1) is 0 Å². The minimum absolute atomic E-state index is 0.0463. The molecule has 0 atom stereocenters. The first-order valence-corrected chi connectivity index (χ1v) is 10.5. The Bertz CT molecular complexity index is 988. The molecule has 33 heavy (non-hydrogen) atoms. The van der Waals surface area contributed by atoms with Crippen molar-refractivity contribution in [1.29, 1.82) is 0 Å². The van der Waals surface area contributed by atoms with Crippen molar-refractivity contribution in [3.8, 4) is 22.6 Å². The molecule has 0 saturated heterocycles. The van der Waals surface area contributed by atoms with Crippen molar-refractivity contribution in [3.05, 3.63) is 72.8 Å². The van der Waals surface area contributed by atoms with Crippen molar-refractivity contribution in [2.45, 2.75) is 20.3 Å². The summed E-state index contributed by atoms with van der Waals surface area (Å²) < 4.78 is 16.1. The number of aliphatic hydroxyl groups is 2. The van der Waals surface area contributed by atoms with Crippen LogP contribution in [0.1, 0.15) is 19.4 Å². The lowest BCUT2D eigenvalue weighted by atomic mass is 9.92. The van der Waals surface area contributed by atoms with Crippen LogP contribution < -0.4 is 9.47 Å². The van der Waals surface area contributed by atoms with Crippen LogP contribution in [0.3, 0.4) is 0 Å². The number of ether oxygens (including phenoxy) is 3. The highest BCUT2D eigenvalue weighted by atomic mass is 16.5. The molecule has 0 fully saturated rings. The fourth-order valence-corrected chi connectivity index (χ4v) is 2.95. The predicted octanol–water partition coefficient (Wildman–Crippen LogP) is 3.48. The number of esters is 2. The first kappa shape index (κ1) is 25.8. The van der Waals surface area contributed by atoms with Crippen LogP contribution in [0.4, 0.5) is 0 Å². The number of carbonyl (C=O) groups is 2. The van der Waals surface area contributed by atoms with E-state index < -0.39 is 30.6 Å². The molecule has 7 nitrogen and oxygen atoms in total. The second-order valence-electron chi connectivity index (χ2n) is 7.78. The number of aryl methyl sites for hydroxylation is 1. The van der Waals surface area contributed by atoms with Crippen molar-refractivity contribution < 1.29 is 34.0 Å². The summed E-state index contributed by atoms with van der Waals surface area (Å²) in [4.78, 5) is 23.0. The van der Waals surface area contributed by atoms with Crippen LogP contribution in [-0.4, -0.2) is 48.6 Å². The molecule has 0 saturated carbocycles. The maximum atomic E-state index is 11.7. The van der Waals surface area contributed by atoms with Gasteiger partial charge < -0.3 is 24.4 Å². The quantitative estimate of drug-likeness (QED) is 0.288. The number of benzene rings is 2. The molecule has 0 unspecified atom stereocenters. The molecular formula is C26H30O7. The Hall–Kier alpha value is -3.42. The van der Waals surface area contributed by atoms with Gasteiger partial charge in [0.25, 0.3) is 0 Å². The molecule has 0 aliphatic heterocycles. The van der Waals surface area contributed by atoms with Crippen LogP contribution in [0.15, 0.2) is 67.3 Å². The lowest BCUT2D eigenvalue weighted by Crippen LogP contribution is -2.41. The van der Waals surface area contributed by atoms with Crippen molar-refractivity contribution in [2.24, 2.45) is 5.41 Å². The van der Waals surface area contributed by atoms with Gasteiger partial charge >= 0.3 is 11.9 Å². The molecule has 0 aliphatic carbocycles. The highest BCUT2D eigenvalue weighted by molar-refractivity contribution is 5.87. The van der Waals surface area contributed by atoms with Crippen LogP contribution >= 0.6 is 0 Å². The summed E-state index contributed by atoms with van der Waals surface area (Å²) >= 11 is 0. The third-order valence-corrected chi connectivity index (χ3v) is 5.08. The Balaban J connectivity index is 2.15. The summed E-state index contributed by atoms with van der Waals surface area (Å²) in [5.74, 6) is -0.123. The third kappa shape index (κ3) is 7.03. The predicted molar refractivity (Wildman–Crippen MR) is 125 cm³/mol. The van der Waals surface area contributed by atoms with Crippen molar-refractivity contribution >= 4 is 11.9 Å². The molecule has 0 bridgehead atoms. The molecule has 2 N–H and O–H groups in total. The summed E-state index contributed by atoms with van der Waals surface area (Å²) in [6.07, 6.45) is 1.84. The van der Waals surface area contributed by atoms with E-state index in [1.807, 2.05) is 31.2 Å². The lowest BCUT2D eigenvalue weighted by molar-refractivity contribution is -0.146. The molecule has 0 amide bonds. The molecule has 0 aliphatic rings. The number of hydrogen-bond acceptors (Lipinski definition) is 7. The van der Waals surface area contributed by atoms with Crippen molar-refractivity contribution in [2.75, 3.05) is 26.4 Å². The maximum Gasteiger partial charge on any atom is 0.335 e. The lowest BCUT2D eigenvalue weighted by Gasteiger charge is -2.29. The summed E-state index contributed by atoms with van der Waals surface area (Å²) in [5.41, 5.74) is 2.06. The smallest absolute Gasteiger partial charge is 0.335 e. The summed E-state index contributed by atoms with van der Waals surface area (Å²) in [6, 6.07) is 12.7. The molecular weight excluding hydrogens is 424 g/mol. The molecule has 0 heterocycles. The van der Waals surface area contributed by atoms with E-state index in [4.69, 9.17) is 14.2 Å². The minimum atomic E-state index is -1.14. The largest absolute Gasteiger partial charge is 0.493 e. The Kier molecular flexibility index (Phi) is 9.39.